The second kappa shape index (κ2) is 8.84. The Morgan fingerprint density at radius 1 is 1.00 bits per heavy atom. The zero-order valence-electron chi connectivity index (χ0n) is 17.2. The summed E-state index contributed by atoms with van der Waals surface area (Å²) in [5.41, 5.74) is 3.33. The molecule has 0 atom stereocenters. The van der Waals surface area contributed by atoms with Crippen LogP contribution in [0.1, 0.15) is 30.9 Å². The van der Waals surface area contributed by atoms with Gasteiger partial charge < -0.3 is 14.8 Å². The molecule has 0 aliphatic carbocycles. The summed E-state index contributed by atoms with van der Waals surface area (Å²) >= 11 is 0. The lowest BCUT2D eigenvalue weighted by Gasteiger charge is -2.34. The molecule has 0 aromatic heterocycles. The number of rotatable bonds is 6. The SMILES string of the molecule is CC(C)c1ccccc1NC(=O)CN1CCN(Cc2ccc3c(c2)OCO3)CC1. The van der Waals surface area contributed by atoms with E-state index in [1.54, 1.807) is 0 Å². The number of anilines is 1. The third kappa shape index (κ3) is 4.89. The monoisotopic (exact) mass is 395 g/mol. The normalized spacial score (nSPS) is 16.9. The molecule has 1 N–H and O–H groups in total. The first-order valence-corrected chi connectivity index (χ1v) is 10.3. The number of nitrogens with one attached hydrogen (secondary N) is 1. The second-order valence-corrected chi connectivity index (χ2v) is 8.03. The molecule has 6 heteroatoms. The van der Waals surface area contributed by atoms with Gasteiger partial charge in [-0.2, -0.15) is 0 Å². The molecule has 0 unspecified atom stereocenters. The summed E-state index contributed by atoms with van der Waals surface area (Å²) in [5.74, 6) is 2.09. The van der Waals surface area contributed by atoms with Crippen LogP contribution < -0.4 is 14.8 Å². The summed E-state index contributed by atoms with van der Waals surface area (Å²) in [6.45, 7) is 9.60. The van der Waals surface area contributed by atoms with E-state index in [1.165, 1.54) is 11.1 Å². The van der Waals surface area contributed by atoms with Crippen molar-refractivity contribution in [1.29, 1.82) is 0 Å². The van der Waals surface area contributed by atoms with E-state index >= 15 is 0 Å². The first kappa shape index (κ1) is 19.7. The van der Waals surface area contributed by atoms with Crippen LogP contribution in [0.2, 0.25) is 0 Å². The third-order valence-electron chi connectivity index (χ3n) is 5.53. The number of carbonyl (C=O) groups is 1. The van der Waals surface area contributed by atoms with Crippen LogP contribution in [0.25, 0.3) is 0 Å². The average molecular weight is 396 g/mol. The minimum absolute atomic E-state index is 0.0577. The summed E-state index contributed by atoms with van der Waals surface area (Å²) in [7, 11) is 0. The molecule has 4 rings (SSSR count). The highest BCUT2D eigenvalue weighted by atomic mass is 16.7. The van der Waals surface area contributed by atoms with Crippen LogP contribution in [-0.2, 0) is 11.3 Å². The molecule has 0 spiro atoms. The van der Waals surface area contributed by atoms with E-state index in [0.717, 1.165) is 49.9 Å². The van der Waals surface area contributed by atoms with Crippen molar-refractivity contribution in [2.24, 2.45) is 0 Å². The molecule has 2 aliphatic rings. The van der Waals surface area contributed by atoms with Gasteiger partial charge in [0.05, 0.1) is 6.54 Å². The zero-order valence-corrected chi connectivity index (χ0v) is 17.2. The molecule has 2 aromatic carbocycles. The van der Waals surface area contributed by atoms with Gasteiger partial charge in [-0.1, -0.05) is 38.1 Å². The van der Waals surface area contributed by atoms with E-state index in [4.69, 9.17) is 9.47 Å². The Balaban J connectivity index is 1.25. The number of hydrogen-bond donors (Lipinski definition) is 1. The van der Waals surface area contributed by atoms with Crippen LogP contribution in [0.3, 0.4) is 0 Å². The Labute approximate surface area is 172 Å². The topological polar surface area (TPSA) is 54.0 Å². The predicted molar refractivity (Wildman–Crippen MR) is 113 cm³/mol. The number of benzene rings is 2. The van der Waals surface area contributed by atoms with Crippen LogP contribution in [0, 0.1) is 0 Å². The van der Waals surface area contributed by atoms with Crippen LogP contribution in [-0.4, -0.2) is 55.2 Å². The Hall–Kier alpha value is -2.57. The minimum atomic E-state index is 0.0577. The lowest BCUT2D eigenvalue weighted by molar-refractivity contribution is -0.117. The van der Waals surface area contributed by atoms with Gasteiger partial charge in [0.25, 0.3) is 0 Å². The molecular formula is C23H29N3O3. The van der Waals surface area contributed by atoms with Crippen molar-refractivity contribution in [2.75, 3.05) is 44.8 Å². The summed E-state index contributed by atoms with van der Waals surface area (Å²) in [6, 6.07) is 14.2. The van der Waals surface area contributed by atoms with Gasteiger partial charge in [-0.3, -0.25) is 14.6 Å². The molecule has 2 aliphatic heterocycles. The van der Waals surface area contributed by atoms with Gasteiger partial charge >= 0.3 is 0 Å². The minimum Gasteiger partial charge on any atom is -0.454 e. The molecule has 6 nitrogen and oxygen atoms in total. The molecule has 0 bridgehead atoms. The fourth-order valence-electron chi connectivity index (χ4n) is 3.91. The maximum atomic E-state index is 12.5. The van der Waals surface area contributed by atoms with Crippen molar-refractivity contribution in [3.63, 3.8) is 0 Å². The number of piperazine rings is 1. The van der Waals surface area contributed by atoms with Gasteiger partial charge in [0, 0.05) is 38.4 Å². The smallest absolute Gasteiger partial charge is 0.238 e. The summed E-state index contributed by atoms with van der Waals surface area (Å²) in [4.78, 5) is 17.2. The highest BCUT2D eigenvalue weighted by Gasteiger charge is 2.21. The quantitative estimate of drug-likeness (QED) is 0.813. The number of ether oxygens (including phenoxy) is 2. The lowest BCUT2D eigenvalue weighted by Crippen LogP contribution is -2.48. The van der Waals surface area contributed by atoms with Crippen molar-refractivity contribution in [2.45, 2.75) is 26.3 Å². The molecular weight excluding hydrogens is 366 g/mol. The first-order valence-electron chi connectivity index (χ1n) is 10.3. The van der Waals surface area contributed by atoms with Gasteiger partial charge in [0.2, 0.25) is 12.7 Å². The van der Waals surface area contributed by atoms with Crippen molar-refractivity contribution >= 4 is 11.6 Å². The predicted octanol–water partition coefficient (Wildman–Crippen LogP) is 3.30. The van der Waals surface area contributed by atoms with Crippen molar-refractivity contribution in [3.05, 3.63) is 53.6 Å². The number of carbonyl (C=O) groups excluding carboxylic acids is 1. The summed E-state index contributed by atoms with van der Waals surface area (Å²) in [5, 5.41) is 3.09. The molecule has 0 radical (unpaired) electrons. The molecule has 29 heavy (non-hydrogen) atoms. The number of amides is 1. The fourth-order valence-corrected chi connectivity index (χ4v) is 3.91. The average Bonchev–Trinajstić information content (AvgIpc) is 3.17. The second-order valence-electron chi connectivity index (χ2n) is 8.03. The highest BCUT2D eigenvalue weighted by Crippen LogP contribution is 2.32. The molecule has 1 saturated heterocycles. The number of hydrogen-bond acceptors (Lipinski definition) is 5. The molecule has 2 heterocycles. The summed E-state index contributed by atoms with van der Waals surface area (Å²) < 4.78 is 10.8. The van der Waals surface area contributed by atoms with Crippen LogP contribution in [0.15, 0.2) is 42.5 Å². The Kier molecular flexibility index (Phi) is 6.02. The van der Waals surface area contributed by atoms with E-state index in [0.29, 0.717) is 19.3 Å². The lowest BCUT2D eigenvalue weighted by atomic mass is 10.0. The third-order valence-corrected chi connectivity index (χ3v) is 5.53. The number of nitrogens with zero attached hydrogens (tertiary/aromatic N) is 2. The molecule has 2 aromatic rings. The van der Waals surface area contributed by atoms with Crippen LogP contribution in [0.5, 0.6) is 11.5 Å². The van der Waals surface area contributed by atoms with E-state index < -0.39 is 0 Å². The maximum Gasteiger partial charge on any atom is 0.238 e. The maximum absolute atomic E-state index is 12.5. The van der Waals surface area contributed by atoms with Crippen LogP contribution in [0.4, 0.5) is 5.69 Å². The zero-order chi connectivity index (χ0) is 20.2. The van der Waals surface area contributed by atoms with Gasteiger partial charge in [0.1, 0.15) is 0 Å². The molecule has 154 valence electrons. The van der Waals surface area contributed by atoms with Gasteiger partial charge in [-0.25, -0.2) is 0 Å². The highest BCUT2D eigenvalue weighted by molar-refractivity contribution is 5.93. The molecule has 1 amide bonds. The van der Waals surface area contributed by atoms with Crippen molar-refractivity contribution in [1.82, 2.24) is 9.80 Å². The summed E-state index contributed by atoms with van der Waals surface area (Å²) in [6.07, 6.45) is 0. The largest absolute Gasteiger partial charge is 0.454 e. The van der Waals surface area contributed by atoms with E-state index in [9.17, 15) is 4.79 Å². The number of para-hydroxylation sites is 1. The standard InChI is InChI=1S/C23H29N3O3/c1-17(2)19-5-3-4-6-20(19)24-23(27)15-26-11-9-25(10-12-26)14-18-7-8-21-22(13-18)29-16-28-21/h3-8,13,17H,9-12,14-16H2,1-2H3,(H,24,27). The van der Waals surface area contributed by atoms with Gasteiger partial charge in [0.15, 0.2) is 11.5 Å². The van der Waals surface area contributed by atoms with Crippen LogP contribution >= 0.6 is 0 Å². The Morgan fingerprint density at radius 2 is 1.72 bits per heavy atom. The number of fused-ring (bicyclic) bond motifs is 1. The molecule has 0 saturated carbocycles. The van der Waals surface area contributed by atoms with Gasteiger partial charge in [-0.15, -0.1) is 0 Å². The fraction of sp³-hybridized carbons (Fsp3) is 0.435. The molecule has 1 fully saturated rings. The van der Waals surface area contributed by atoms with E-state index in [-0.39, 0.29) is 5.91 Å². The van der Waals surface area contributed by atoms with E-state index in [2.05, 4.69) is 47.2 Å². The Morgan fingerprint density at radius 3 is 2.52 bits per heavy atom. The first-order chi connectivity index (χ1) is 14.1. The van der Waals surface area contributed by atoms with E-state index in [1.807, 2.05) is 24.3 Å². The van der Waals surface area contributed by atoms with Crippen molar-refractivity contribution in [3.8, 4) is 11.5 Å². The van der Waals surface area contributed by atoms with Gasteiger partial charge in [-0.05, 0) is 35.2 Å². The Bertz CT molecular complexity index is 860. The van der Waals surface area contributed by atoms with Crippen molar-refractivity contribution < 1.29 is 14.3 Å².